The molecule has 3 rings (SSSR count). The van der Waals surface area contributed by atoms with Crippen LogP contribution in [0, 0.1) is 0 Å². The zero-order valence-electron chi connectivity index (χ0n) is 11.1. The minimum atomic E-state index is -0.359. The summed E-state index contributed by atoms with van der Waals surface area (Å²) in [6.07, 6.45) is -0.408. The maximum absolute atomic E-state index is 11.5. The fraction of sp³-hybridized carbons (Fsp3) is 0.500. The van der Waals surface area contributed by atoms with Crippen LogP contribution in [0.5, 0.6) is 11.5 Å². The first kappa shape index (κ1) is 12.3. The molecule has 0 aliphatic carbocycles. The van der Waals surface area contributed by atoms with Crippen molar-refractivity contribution in [2.24, 2.45) is 0 Å². The van der Waals surface area contributed by atoms with Crippen molar-refractivity contribution < 1.29 is 23.7 Å². The lowest BCUT2D eigenvalue weighted by molar-refractivity contribution is -0.143. The summed E-state index contributed by atoms with van der Waals surface area (Å²) in [6, 6.07) is 3.71. The van der Waals surface area contributed by atoms with Gasteiger partial charge in [-0.2, -0.15) is 0 Å². The maximum Gasteiger partial charge on any atom is 0.309 e. The van der Waals surface area contributed by atoms with Gasteiger partial charge >= 0.3 is 5.97 Å². The molecule has 5 heteroatoms. The molecule has 0 N–H and O–H groups in total. The summed E-state index contributed by atoms with van der Waals surface area (Å²) in [7, 11) is 3.20. The summed E-state index contributed by atoms with van der Waals surface area (Å²) in [5.41, 5.74) is 1.85. The van der Waals surface area contributed by atoms with Gasteiger partial charge in [-0.1, -0.05) is 0 Å². The molecule has 0 aromatic heterocycles. The molecule has 2 aliphatic rings. The summed E-state index contributed by atoms with van der Waals surface area (Å²) < 4.78 is 21.9. The van der Waals surface area contributed by atoms with E-state index < -0.39 is 0 Å². The number of benzene rings is 1. The fourth-order valence-corrected chi connectivity index (χ4v) is 2.83. The van der Waals surface area contributed by atoms with Crippen molar-refractivity contribution in [3.05, 3.63) is 23.3 Å². The summed E-state index contributed by atoms with van der Waals surface area (Å²) in [5, 5.41) is 0. The summed E-state index contributed by atoms with van der Waals surface area (Å²) in [4.78, 5) is 11.5. The molecule has 1 aromatic rings. The Bertz CT molecular complexity index is 525. The molecule has 19 heavy (non-hydrogen) atoms. The third kappa shape index (κ3) is 1.85. The van der Waals surface area contributed by atoms with Gasteiger partial charge in [-0.3, -0.25) is 4.79 Å². The summed E-state index contributed by atoms with van der Waals surface area (Å²) in [5.74, 6) is 1.16. The number of methoxy groups -OCH3 is 2. The van der Waals surface area contributed by atoms with Crippen molar-refractivity contribution in [2.75, 3.05) is 14.2 Å². The Morgan fingerprint density at radius 1 is 1.26 bits per heavy atom. The topological polar surface area (TPSA) is 54.0 Å². The Balaban J connectivity index is 2.15. The minimum absolute atomic E-state index is 0.133. The molecule has 0 unspecified atom stereocenters. The number of carbonyl (C=O) groups is 1. The molecule has 1 aromatic carbocycles. The summed E-state index contributed by atoms with van der Waals surface area (Å²) >= 11 is 0. The van der Waals surface area contributed by atoms with Gasteiger partial charge in [-0.25, -0.2) is 0 Å². The van der Waals surface area contributed by atoms with Crippen molar-refractivity contribution >= 4 is 5.97 Å². The van der Waals surface area contributed by atoms with Gasteiger partial charge in [0.1, 0.15) is 17.6 Å². The van der Waals surface area contributed by atoms with Gasteiger partial charge in [0.25, 0.3) is 0 Å². The Morgan fingerprint density at radius 2 is 2.05 bits per heavy atom. The quantitative estimate of drug-likeness (QED) is 0.766. The van der Waals surface area contributed by atoms with Crippen LogP contribution in [0.4, 0.5) is 0 Å². The number of fused-ring (bicyclic) bond motifs is 3. The molecule has 2 aliphatic heterocycles. The number of hydrogen-bond donors (Lipinski definition) is 0. The summed E-state index contributed by atoms with van der Waals surface area (Å²) in [6.45, 7) is 1.95. The van der Waals surface area contributed by atoms with Gasteiger partial charge in [-0.05, 0) is 13.0 Å². The van der Waals surface area contributed by atoms with Crippen LogP contribution in [-0.4, -0.2) is 26.3 Å². The van der Waals surface area contributed by atoms with Crippen LogP contribution in [0.15, 0.2) is 12.1 Å². The molecule has 0 saturated carbocycles. The van der Waals surface area contributed by atoms with Gasteiger partial charge in [0.2, 0.25) is 0 Å². The van der Waals surface area contributed by atoms with E-state index in [1.54, 1.807) is 14.2 Å². The highest BCUT2D eigenvalue weighted by molar-refractivity contribution is 5.73. The van der Waals surface area contributed by atoms with Crippen LogP contribution in [0.3, 0.4) is 0 Å². The van der Waals surface area contributed by atoms with Crippen LogP contribution >= 0.6 is 0 Å². The second kappa shape index (κ2) is 4.42. The Labute approximate surface area is 111 Å². The van der Waals surface area contributed by atoms with E-state index in [-0.39, 0.29) is 24.3 Å². The molecule has 102 valence electrons. The molecule has 0 radical (unpaired) electrons. The van der Waals surface area contributed by atoms with Gasteiger partial charge in [0, 0.05) is 17.2 Å². The van der Waals surface area contributed by atoms with Crippen LogP contribution in [0.2, 0.25) is 0 Å². The van der Waals surface area contributed by atoms with E-state index in [9.17, 15) is 4.79 Å². The van der Waals surface area contributed by atoms with Crippen molar-refractivity contribution in [1.82, 2.24) is 0 Å². The average molecular weight is 264 g/mol. The largest absolute Gasteiger partial charge is 0.497 e. The molecule has 1 saturated heterocycles. The van der Waals surface area contributed by atoms with Crippen LogP contribution in [0.25, 0.3) is 0 Å². The molecule has 2 heterocycles. The standard InChI is InChI=1S/C14H16O5/c1-7-13-9(4-8(16-2)5-10(13)17-3)14-11(18-7)6-12(15)19-14/h4-5,7,11,14H,6H2,1-3H3/t7-,11-,14-/m1/s1. The fourth-order valence-electron chi connectivity index (χ4n) is 2.83. The molecule has 0 amide bonds. The van der Waals surface area contributed by atoms with E-state index in [4.69, 9.17) is 18.9 Å². The van der Waals surface area contributed by atoms with Gasteiger partial charge < -0.3 is 18.9 Å². The highest BCUT2D eigenvalue weighted by Gasteiger charge is 2.44. The van der Waals surface area contributed by atoms with Crippen molar-refractivity contribution in [1.29, 1.82) is 0 Å². The first-order valence-corrected chi connectivity index (χ1v) is 6.24. The Morgan fingerprint density at radius 3 is 2.74 bits per heavy atom. The van der Waals surface area contributed by atoms with Crippen LogP contribution < -0.4 is 9.47 Å². The average Bonchev–Trinajstić information content (AvgIpc) is 2.78. The normalized spacial score (nSPS) is 28.4. The molecule has 3 atom stereocenters. The first-order valence-electron chi connectivity index (χ1n) is 6.24. The number of carbonyl (C=O) groups excluding carboxylic acids is 1. The number of rotatable bonds is 2. The van der Waals surface area contributed by atoms with E-state index in [0.717, 1.165) is 11.1 Å². The lowest BCUT2D eigenvalue weighted by Gasteiger charge is -2.32. The van der Waals surface area contributed by atoms with Crippen molar-refractivity contribution in [2.45, 2.75) is 31.7 Å². The molecule has 0 spiro atoms. The Hall–Kier alpha value is -1.75. The highest BCUT2D eigenvalue weighted by Crippen LogP contribution is 2.48. The molecular weight excluding hydrogens is 248 g/mol. The number of ether oxygens (including phenoxy) is 4. The smallest absolute Gasteiger partial charge is 0.309 e. The number of hydrogen-bond acceptors (Lipinski definition) is 5. The van der Waals surface area contributed by atoms with Gasteiger partial charge in [-0.15, -0.1) is 0 Å². The molecule has 0 bridgehead atoms. The SMILES string of the molecule is COc1cc(OC)c2c(c1)[C@H]1OC(=O)C[C@H]1O[C@@H]2C. The van der Waals surface area contributed by atoms with Gasteiger partial charge in [0.15, 0.2) is 6.10 Å². The van der Waals surface area contributed by atoms with Crippen molar-refractivity contribution in [3.8, 4) is 11.5 Å². The maximum atomic E-state index is 11.5. The van der Waals surface area contributed by atoms with Crippen LogP contribution in [-0.2, 0) is 14.3 Å². The lowest BCUT2D eigenvalue weighted by Crippen LogP contribution is -2.27. The second-order valence-electron chi connectivity index (χ2n) is 4.76. The minimum Gasteiger partial charge on any atom is -0.497 e. The first-order chi connectivity index (χ1) is 9.13. The van der Waals surface area contributed by atoms with Crippen LogP contribution in [0.1, 0.15) is 36.7 Å². The van der Waals surface area contributed by atoms with E-state index in [0.29, 0.717) is 17.9 Å². The zero-order chi connectivity index (χ0) is 13.6. The van der Waals surface area contributed by atoms with Gasteiger partial charge in [0.05, 0.1) is 26.7 Å². The Kier molecular flexibility index (Phi) is 2.86. The number of esters is 1. The predicted molar refractivity (Wildman–Crippen MR) is 66.3 cm³/mol. The molecular formula is C14H16O5. The van der Waals surface area contributed by atoms with Crippen molar-refractivity contribution in [3.63, 3.8) is 0 Å². The monoisotopic (exact) mass is 264 g/mol. The molecule has 5 nitrogen and oxygen atoms in total. The highest BCUT2D eigenvalue weighted by atomic mass is 16.6. The van der Waals surface area contributed by atoms with E-state index in [1.165, 1.54) is 0 Å². The third-order valence-electron chi connectivity index (χ3n) is 3.66. The predicted octanol–water partition coefficient (Wildman–Crippen LogP) is 2.15. The third-order valence-corrected chi connectivity index (χ3v) is 3.66. The van der Waals surface area contributed by atoms with E-state index in [1.807, 2.05) is 19.1 Å². The lowest BCUT2D eigenvalue weighted by atomic mass is 9.91. The zero-order valence-corrected chi connectivity index (χ0v) is 11.1. The van der Waals surface area contributed by atoms with E-state index >= 15 is 0 Å². The molecule has 1 fully saturated rings. The van der Waals surface area contributed by atoms with E-state index in [2.05, 4.69) is 0 Å². The second-order valence-corrected chi connectivity index (χ2v) is 4.76.